The van der Waals surface area contributed by atoms with Crippen molar-refractivity contribution in [3.05, 3.63) is 39.4 Å². The zero-order valence-electron chi connectivity index (χ0n) is 10.0. The van der Waals surface area contributed by atoms with Crippen LogP contribution in [-0.4, -0.2) is 0 Å². The predicted octanol–water partition coefficient (Wildman–Crippen LogP) is -11.4. The van der Waals surface area contributed by atoms with Crippen LogP contribution < -0.4 is 75.4 Å². The maximum atomic E-state index is 6.25. The summed E-state index contributed by atoms with van der Waals surface area (Å²) in [6.45, 7) is 28.5. The van der Waals surface area contributed by atoms with Crippen molar-refractivity contribution in [3.63, 3.8) is 0 Å². The van der Waals surface area contributed by atoms with Gasteiger partial charge in [0.2, 0.25) is 0 Å². The van der Waals surface area contributed by atoms with Gasteiger partial charge in [-0.2, -0.15) is 0 Å². The fourth-order valence-corrected chi connectivity index (χ4v) is 0. The summed E-state index contributed by atoms with van der Waals surface area (Å²) in [4.78, 5) is 0. The van der Waals surface area contributed by atoms with E-state index in [-0.39, 0.29) is 92.5 Å². The molecule has 0 fully saturated rings. The number of hydrogen-bond donors (Lipinski definition) is 0. The summed E-state index contributed by atoms with van der Waals surface area (Å²) in [5, 5.41) is 37.5. The van der Waals surface area contributed by atoms with Gasteiger partial charge in [0.1, 0.15) is 0 Å². The molecular formula is C6FeLi4N6. The Hall–Kier alpha value is -0.151. The van der Waals surface area contributed by atoms with Gasteiger partial charge in [-0.05, 0) is 0 Å². The van der Waals surface area contributed by atoms with Gasteiger partial charge in [-0.25, -0.2) is 0 Å². The van der Waals surface area contributed by atoms with E-state index < -0.39 is 0 Å². The summed E-state index contributed by atoms with van der Waals surface area (Å²) >= 11 is 0. The van der Waals surface area contributed by atoms with Gasteiger partial charge in [0.05, 0.1) is 0 Å². The van der Waals surface area contributed by atoms with Crippen molar-refractivity contribution in [2.75, 3.05) is 0 Å². The molecule has 66 valence electrons. The van der Waals surface area contributed by atoms with E-state index in [1.807, 2.05) is 0 Å². The van der Waals surface area contributed by atoms with Crippen LogP contribution >= 0.6 is 0 Å². The van der Waals surface area contributed by atoms with Crippen molar-refractivity contribution in [2.24, 2.45) is 0 Å². The SMILES string of the molecule is [C-]#N.[C-]#N.[C-]#N.[C-]#N.[C-]#N.[C-]#N.[Fe+2].[Li+].[Li+].[Li+].[Li+]. The van der Waals surface area contributed by atoms with Crippen molar-refractivity contribution in [2.45, 2.75) is 0 Å². The van der Waals surface area contributed by atoms with Crippen molar-refractivity contribution < 1.29 is 92.5 Å². The van der Waals surface area contributed by atoms with E-state index >= 15 is 0 Å². The van der Waals surface area contributed by atoms with E-state index in [1.165, 1.54) is 0 Å². The van der Waals surface area contributed by atoms with Crippen molar-refractivity contribution in [3.8, 4) is 0 Å². The molecule has 0 aliphatic carbocycles. The fourth-order valence-electron chi connectivity index (χ4n) is 0. The van der Waals surface area contributed by atoms with Crippen LogP contribution in [0.15, 0.2) is 0 Å². The summed E-state index contributed by atoms with van der Waals surface area (Å²) in [6, 6.07) is 0. The third-order valence-electron chi connectivity index (χ3n) is 0. The van der Waals surface area contributed by atoms with Crippen molar-refractivity contribution in [1.82, 2.24) is 0 Å². The largest absolute Gasteiger partial charge is 2.00 e. The fraction of sp³-hybridized carbons (Fsp3) is 0. The molecule has 0 aromatic heterocycles. The Morgan fingerprint density at radius 1 is 0.294 bits per heavy atom. The van der Waals surface area contributed by atoms with Gasteiger partial charge in [0.25, 0.3) is 0 Å². The number of hydrogen-bond acceptors (Lipinski definition) is 6. The van der Waals surface area contributed by atoms with Gasteiger partial charge in [0.15, 0.2) is 0 Å². The minimum Gasteiger partial charge on any atom is -0.512 e. The molecule has 0 unspecified atom stereocenters. The van der Waals surface area contributed by atoms with Crippen LogP contribution in [-0.2, 0) is 17.1 Å². The van der Waals surface area contributed by atoms with Crippen LogP contribution in [0.4, 0.5) is 0 Å². The quantitative estimate of drug-likeness (QED) is 0.303. The molecule has 0 atom stereocenters. The molecule has 0 aromatic rings. The Balaban J connectivity index is -0.00000000267. The van der Waals surface area contributed by atoms with Gasteiger partial charge < -0.3 is 71.0 Å². The zero-order valence-corrected chi connectivity index (χ0v) is 11.1. The van der Waals surface area contributed by atoms with Crippen LogP contribution in [0, 0.1) is 71.0 Å². The monoisotopic (exact) mass is 240 g/mol. The maximum absolute atomic E-state index is 6.25. The van der Waals surface area contributed by atoms with E-state index in [0.29, 0.717) is 0 Å². The van der Waals surface area contributed by atoms with Crippen LogP contribution in [0.5, 0.6) is 0 Å². The summed E-state index contributed by atoms with van der Waals surface area (Å²) < 4.78 is 0. The van der Waals surface area contributed by atoms with Crippen molar-refractivity contribution in [1.29, 1.82) is 31.6 Å². The Labute approximate surface area is 162 Å². The summed E-state index contributed by atoms with van der Waals surface area (Å²) in [5.74, 6) is 0. The minimum atomic E-state index is 0. The van der Waals surface area contributed by atoms with Crippen molar-refractivity contribution >= 4 is 0 Å². The molecule has 0 saturated carbocycles. The smallest absolute Gasteiger partial charge is 0.512 e. The van der Waals surface area contributed by atoms with Gasteiger partial charge in [-0.1, -0.05) is 0 Å². The molecule has 11 heteroatoms. The topological polar surface area (TPSA) is 143 Å². The van der Waals surface area contributed by atoms with E-state index in [9.17, 15) is 0 Å². The Kier molecular flexibility index (Phi) is 1120000. The molecule has 0 saturated heterocycles. The molecule has 0 aromatic carbocycles. The molecule has 0 radical (unpaired) electrons. The second-order valence-electron chi connectivity index (χ2n) is 0. The Bertz CT molecular complexity index is 106. The molecule has 0 heterocycles. The standard InChI is InChI=1S/6CN.Fe.4Li/c6*1-2;;;;;/q6*-1;+2;4*+1. The third kappa shape index (κ3) is 133000. The molecule has 0 bridgehead atoms. The molecule has 17 heavy (non-hydrogen) atoms. The maximum Gasteiger partial charge on any atom is 2.00 e. The van der Waals surface area contributed by atoms with Gasteiger partial charge >= 0.3 is 92.5 Å². The first-order chi connectivity index (χ1) is 6.00. The van der Waals surface area contributed by atoms with Crippen LogP contribution in [0.25, 0.3) is 0 Å². The van der Waals surface area contributed by atoms with Crippen LogP contribution in [0.2, 0.25) is 0 Å². The van der Waals surface area contributed by atoms with E-state index in [2.05, 4.69) is 0 Å². The first kappa shape index (κ1) is 124. The zero-order chi connectivity index (χ0) is 12.0. The van der Waals surface area contributed by atoms with Gasteiger partial charge in [-0.15, -0.1) is 0 Å². The molecule has 0 aliphatic heterocycles. The van der Waals surface area contributed by atoms with Gasteiger partial charge in [-0.3, -0.25) is 0 Å². The van der Waals surface area contributed by atoms with E-state index in [0.717, 1.165) is 0 Å². The first-order valence-corrected chi connectivity index (χ1v) is 1.34. The van der Waals surface area contributed by atoms with E-state index in [1.54, 1.807) is 0 Å². The molecule has 0 amide bonds. The molecule has 0 N–H and O–H groups in total. The summed E-state index contributed by atoms with van der Waals surface area (Å²) in [5.41, 5.74) is 0. The second-order valence-corrected chi connectivity index (χ2v) is 0. The first-order valence-electron chi connectivity index (χ1n) is 1.34. The molecular weight excluding hydrogens is 240 g/mol. The molecule has 0 rings (SSSR count). The molecule has 6 nitrogen and oxygen atoms in total. The normalized spacial score (nSPS) is 0.706. The third-order valence-corrected chi connectivity index (χ3v) is 0. The average Bonchev–Trinajstić information content (AvgIpc) is 2.33. The molecule has 0 aliphatic rings. The Morgan fingerprint density at radius 2 is 0.294 bits per heavy atom. The predicted molar refractivity (Wildman–Crippen MR) is 29.8 cm³/mol. The molecule has 0 spiro atoms. The minimum absolute atomic E-state index is 0. The van der Waals surface area contributed by atoms with E-state index in [4.69, 9.17) is 71.0 Å². The summed E-state index contributed by atoms with van der Waals surface area (Å²) in [6.07, 6.45) is 0. The Morgan fingerprint density at radius 3 is 0.294 bits per heavy atom. The number of nitrogens with zero attached hydrogens (tertiary/aromatic N) is 6. The number of rotatable bonds is 0. The summed E-state index contributed by atoms with van der Waals surface area (Å²) in [7, 11) is 0. The van der Waals surface area contributed by atoms with Gasteiger partial charge in [0, 0.05) is 0 Å². The van der Waals surface area contributed by atoms with Crippen LogP contribution in [0.3, 0.4) is 0 Å². The second kappa shape index (κ2) is 153000. The van der Waals surface area contributed by atoms with Crippen LogP contribution in [0.1, 0.15) is 0 Å². The average molecular weight is 240 g/mol.